The van der Waals surface area contributed by atoms with Crippen LogP contribution in [0.3, 0.4) is 0 Å². The van der Waals surface area contributed by atoms with E-state index in [9.17, 15) is 4.79 Å². The van der Waals surface area contributed by atoms with Crippen molar-refractivity contribution in [2.75, 3.05) is 6.61 Å². The van der Waals surface area contributed by atoms with Gasteiger partial charge in [-0.05, 0) is 11.8 Å². The third-order valence-corrected chi connectivity index (χ3v) is 2.44. The van der Waals surface area contributed by atoms with Crippen molar-refractivity contribution in [2.24, 2.45) is 11.3 Å². The molecule has 1 unspecified atom stereocenters. The van der Waals surface area contributed by atoms with E-state index in [-0.39, 0.29) is 17.3 Å². The van der Waals surface area contributed by atoms with Crippen LogP contribution in [0.1, 0.15) is 27.2 Å². The van der Waals surface area contributed by atoms with Gasteiger partial charge in [-0.3, -0.25) is 4.79 Å². The minimum absolute atomic E-state index is 0.113. The molecule has 0 bridgehead atoms. The Labute approximate surface area is 85.6 Å². The highest BCUT2D eigenvalue weighted by atomic mass is 16.5. The average Bonchev–Trinajstić information content (AvgIpc) is 2.13. The summed E-state index contributed by atoms with van der Waals surface area (Å²) in [4.78, 5) is 11.7. The van der Waals surface area contributed by atoms with Gasteiger partial charge >= 0.3 is 5.97 Å². The van der Waals surface area contributed by atoms with Crippen LogP contribution in [0, 0.1) is 11.3 Å². The number of hydrogen-bond donors (Lipinski definition) is 0. The Hall–Kier alpha value is -1.05. The predicted octanol–water partition coefficient (Wildman–Crippen LogP) is 2.71. The minimum Gasteiger partial charge on any atom is -0.465 e. The number of ether oxygens (including phenoxy) is 1. The van der Waals surface area contributed by atoms with Crippen LogP contribution < -0.4 is 0 Å². The van der Waals surface area contributed by atoms with Gasteiger partial charge in [0.1, 0.15) is 0 Å². The fourth-order valence-electron chi connectivity index (χ4n) is 1.51. The van der Waals surface area contributed by atoms with Crippen LogP contribution >= 0.6 is 0 Å². The van der Waals surface area contributed by atoms with Gasteiger partial charge in [0, 0.05) is 0 Å². The lowest BCUT2D eigenvalue weighted by atomic mass is 9.76. The Morgan fingerprint density at radius 3 is 2.71 bits per heavy atom. The Balaban J connectivity index is 2.63. The zero-order valence-electron chi connectivity index (χ0n) is 9.12. The van der Waals surface area contributed by atoms with Gasteiger partial charge < -0.3 is 4.74 Å². The topological polar surface area (TPSA) is 26.3 Å². The van der Waals surface area contributed by atoms with Gasteiger partial charge in [0.05, 0.1) is 12.5 Å². The molecule has 2 heteroatoms. The van der Waals surface area contributed by atoms with Gasteiger partial charge in [-0.2, -0.15) is 0 Å². The molecule has 0 spiro atoms. The fourth-order valence-corrected chi connectivity index (χ4v) is 1.51. The van der Waals surface area contributed by atoms with Crippen molar-refractivity contribution < 1.29 is 9.53 Å². The molecule has 0 saturated heterocycles. The highest BCUT2D eigenvalue weighted by Crippen LogP contribution is 2.33. The first kappa shape index (κ1) is 11.0. The SMILES string of the molecule is CCCOC(=O)C1C=CC=CC1(C)C. The first-order chi connectivity index (χ1) is 6.58. The Bertz CT molecular complexity index is 261. The smallest absolute Gasteiger partial charge is 0.313 e. The fraction of sp³-hybridized carbons (Fsp3) is 0.583. The van der Waals surface area contributed by atoms with Crippen molar-refractivity contribution in [3.8, 4) is 0 Å². The molecule has 2 nitrogen and oxygen atoms in total. The van der Waals surface area contributed by atoms with E-state index in [0.717, 1.165) is 6.42 Å². The maximum absolute atomic E-state index is 11.7. The lowest BCUT2D eigenvalue weighted by Crippen LogP contribution is -2.30. The number of hydrogen-bond acceptors (Lipinski definition) is 2. The number of rotatable bonds is 3. The maximum atomic E-state index is 11.7. The first-order valence-electron chi connectivity index (χ1n) is 5.10. The summed E-state index contributed by atoms with van der Waals surface area (Å²) in [7, 11) is 0. The average molecular weight is 194 g/mol. The summed E-state index contributed by atoms with van der Waals surface area (Å²) in [5.41, 5.74) is -0.125. The van der Waals surface area contributed by atoms with Crippen LogP contribution in [0.5, 0.6) is 0 Å². The number of carbonyl (C=O) groups excluding carboxylic acids is 1. The molecular weight excluding hydrogens is 176 g/mol. The molecule has 1 rings (SSSR count). The van der Waals surface area contributed by atoms with Crippen LogP contribution in [0.25, 0.3) is 0 Å². The molecular formula is C12H18O2. The molecule has 1 aliphatic carbocycles. The summed E-state index contributed by atoms with van der Waals surface area (Å²) < 4.78 is 5.14. The zero-order chi connectivity index (χ0) is 10.6. The zero-order valence-corrected chi connectivity index (χ0v) is 9.12. The van der Waals surface area contributed by atoms with Gasteiger partial charge in [0.15, 0.2) is 0 Å². The lowest BCUT2D eigenvalue weighted by Gasteiger charge is -2.29. The van der Waals surface area contributed by atoms with Crippen LogP contribution in [0.4, 0.5) is 0 Å². The summed E-state index contributed by atoms with van der Waals surface area (Å²) in [6.45, 7) is 6.60. The molecule has 78 valence electrons. The predicted molar refractivity (Wildman–Crippen MR) is 56.8 cm³/mol. The van der Waals surface area contributed by atoms with E-state index >= 15 is 0 Å². The van der Waals surface area contributed by atoms with E-state index in [2.05, 4.69) is 0 Å². The summed E-state index contributed by atoms with van der Waals surface area (Å²) >= 11 is 0. The van der Waals surface area contributed by atoms with Crippen molar-refractivity contribution >= 4 is 5.97 Å². The van der Waals surface area contributed by atoms with Crippen LogP contribution in [-0.2, 0) is 9.53 Å². The molecule has 0 N–H and O–H groups in total. The molecule has 14 heavy (non-hydrogen) atoms. The Morgan fingerprint density at radius 1 is 1.43 bits per heavy atom. The molecule has 0 amide bonds. The molecule has 0 fully saturated rings. The van der Waals surface area contributed by atoms with Gasteiger partial charge in [-0.1, -0.05) is 45.1 Å². The normalized spacial score (nSPS) is 23.5. The monoisotopic (exact) mass is 194 g/mol. The second-order valence-corrected chi connectivity index (χ2v) is 4.21. The Kier molecular flexibility index (Phi) is 3.50. The van der Waals surface area contributed by atoms with E-state index < -0.39 is 0 Å². The van der Waals surface area contributed by atoms with Crippen molar-refractivity contribution in [2.45, 2.75) is 27.2 Å². The molecule has 0 radical (unpaired) electrons. The quantitative estimate of drug-likeness (QED) is 0.646. The third kappa shape index (κ3) is 2.47. The second-order valence-electron chi connectivity index (χ2n) is 4.21. The lowest BCUT2D eigenvalue weighted by molar-refractivity contribution is -0.149. The third-order valence-electron chi connectivity index (χ3n) is 2.44. The first-order valence-corrected chi connectivity index (χ1v) is 5.10. The minimum atomic E-state index is -0.140. The highest BCUT2D eigenvalue weighted by Gasteiger charge is 2.33. The Morgan fingerprint density at radius 2 is 2.14 bits per heavy atom. The standard InChI is InChI=1S/C12H18O2/c1-4-9-14-11(13)10-7-5-6-8-12(10,2)3/h5-8,10H,4,9H2,1-3H3. The van der Waals surface area contributed by atoms with E-state index in [1.807, 2.05) is 45.1 Å². The summed E-state index contributed by atoms with van der Waals surface area (Å²) in [6.07, 6.45) is 8.72. The summed E-state index contributed by atoms with van der Waals surface area (Å²) in [5.74, 6) is -0.253. The van der Waals surface area contributed by atoms with Gasteiger partial charge in [0.2, 0.25) is 0 Å². The largest absolute Gasteiger partial charge is 0.465 e. The van der Waals surface area contributed by atoms with Gasteiger partial charge in [-0.25, -0.2) is 0 Å². The molecule has 0 aromatic heterocycles. The van der Waals surface area contributed by atoms with E-state index in [4.69, 9.17) is 4.74 Å². The number of carbonyl (C=O) groups is 1. The maximum Gasteiger partial charge on any atom is 0.313 e. The van der Waals surface area contributed by atoms with Crippen molar-refractivity contribution in [3.63, 3.8) is 0 Å². The molecule has 0 saturated carbocycles. The van der Waals surface area contributed by atoms with E-state index in [1.54, 1.807) is 0 Å². The van der Waals surface area contributed by atoms with Gasteiger partial charge in [-0.15, -0.1) is 0 Å². The van der Waals surface area contributed by atoms with Crippen molar-refractivity contribution in [1.82, 2.24) is 0 Å². The molecule has 1 atom stereocenters. The number of allylic oxidation sites excluding steroid dienone is 3. The van der Waals surface area contributed by atoms with Gasteiger partial charge in [0.25, 0.3) is 0 Å². The van der Waals surface area contributed by atoms with Crippen LogP contribution in [0.15, 0.2) is 24.3 Å². The molecule has 0 aliphatic heterocycles. The summed E-state index contributed by atoms with van der Waals surface area (Å²) in [5, 5.41) is 0. The van der Waals surface area contributed by atoms with E-state index in [0.29, 0.717) is 6.61 Å². The number of esters is 1. The molecule has 0 aromatic rings. The molecule has 0 aromatic carbocycles. The van der Waals surface area contributed by atoms with Crippen LogP contribution in [0.2, 0.25) is 0 Å². The highest BCUT2D eigenvalue weighted by molar-refractivity contribution is 5.76. The van der Waals surface area contributed by atoms with Crippen LogP contribution in [-0.4, -0.2) is 12.6 Å². The van der Waals surface area contributed by atoms with Crippen molar-refractivity contribution in [3.05, 3.63) is 24.3 Å². The second kappa shape index (κ2) is 4.45. The van der Waals surface area contributed by atoms with E-state index in [1.165, 1.54) is 0 Å². The van der Waals surface area contributed by atoms with Crippen molar-refractivity contribution in [1.29, 1.82) is 0 Å². The molecule has 0 heterocycles. The molecule has 1 aliphatic rings. The summed E-state index contributed by atoms with van der Waals surface area (Å²) in [6, 6.07) is 0.